The van der Waals surface area contributed by atoms with Gasteiger partial charge in [0.05, 0.1) is 0 Å². The number of alkyl halides is 6. The molecule has 2 nitrogen and oxygen atoms in total. The van der Waals surface area contributed by atoms with E-state index < -0.39 is 24.2 Å². The molecule has 9 heteroatoms. The van der Waals surface area contributed by atoms with Crippen molar-refractivity contribution in [2.24, 2.45) is 0 Å². The molecule has 0 heterocycles. The molecule has 0 spiro atoms. The van der Waals surface area contributed by atoms with Crippen LogP contribution in [0.5, 0.6) is 0 Å². The first-order chi connectivity index (χ1) is 5.14. The van der Waals surface area contributed by atoms with E-state index in [1.165, 1.54) is 0 Å². The summed E-state index contributed by atoms with van der Waals surface area (Å²) in [5.74, 6) is -15.3. The average Bonchev–Trinajstić information content (AvgIpc) is 1.86. The molecule has 0 aromatic rings. The molecule has 0 aromatic carbocycles. The van der Waals surface area contributed by atoms with Crippen LogP contribution in [-0.2, 0) is 4.79 Å². The summed E-state index contributed by atoms with van der Waals surface area (Å²) in [7, 11) is 0. The van der Waals surface area contributed by atoms with Gasteiger partial charge in [0.25, 0.3) is 0 Å². The molecule has 0 atom stereocenters. The number of carboxylic acid groups (broad SMARTS) is 1. The summed E-state index contributed by atoms with van der Waals surface area (Å²) in [6.07, 6.45) is -4.76. The average molecular weight is 234 g/mol. The zero-order valence-corrected chi connectivity index (χ0v) is 9.28. The molecular formula is C4HF6KO2. The Labute approximate surface area is 111 Å². The Bertz CT molecular complexity index is 193. The fraction of sp³-hybridized carbons (Fsp3) is 0.750. The normalized spacial score (nSPS) is 12.5. The zero-order valence-electron chi connectivity index (χ0n) is 6.16. The first kappa shape index (κ1) is 16.1. The fourth-order valence-corrected chi connectivity index (χ4v) is 0.273. The number of hydrogen-bond acceptors (Lipinski definition) is 2. The van der Waals surface area contributed by atoms with E-state index in [2.05, 4.69) is 0 Å². The van der Waals surface area contributed by atoms with Crippen molar-refractivity contribution in [1.29, 1.82) is 0 Å². The molecular weight excluding hydrogens is 233 g/mol. The molecule has 0 unspecified atom stereocenters. The summed E-state index contributed by atoms with van der Waals surface area (Å²) in [6, 6.07) is 0. The number of halogens is 6. The maximum absolute atomic E-state index is 11.7. The minimum atomic E-state index is -5.91. The smallest absolute Gasteiger partial charge is 0.544 e. The van der Waals surface area contributed by atoms with Crippen LogP contribution in [0.25, 0.3) is 0 Å². The van der Waals surface area contributed by atoms with E-state index in [1.807, 2.05) is 0 Å². The van der Waals surface area contributed by atoms with Gasteiger partial charge in [-0.3, -0.25) is 0 Å². The van der Waals surface area contributed by atoms with E-state index in [1.54, 1.807) is 0 Å². The Morgan fingerprint density at radius 2 is 1.46 bits per heavy atom. The zero-order chi connectivity index (χ0) is 10.2. The van der Waals surface area contributed by atoms with Crippen molar-refractivity contribution in [2.45, 2.75) is 18.3 Å². The predicted molar refractivity (Wildman–Crippen MR) is 20.9 cm³/mol. The summed E-state index contributed by atoms with van der Waals surface area (Å²) in [5.41, 5.74) is 0. The van der Waals surface area contributed by atoms with Crippen LogP contribution in [0.2, 0.25) is 0 Å². The van der Waals surface area contributed by atoms with Gasteiger partial charge in [-0.25, -0.2) is 8.78 Å². The van der Waals surface area contributed by atoms with Gasteiger partial charge in [-0.1, -0.05) is 0 Å². The molecule has 0 aliphatic rings. The van der Waals surface area contributed by atoms with Crippen molar-refractivity contribution < 1.29 is 87.6 Å². The Hall–Kier alpha value is 0.686. The number of carbonyl (C=O) groups excluding carboxylic acids is 1. The number of hydrogen-bond donors (Lipinski definition) is 0. The summed E-state index contributed by atoms with van der Waals surface area (Å²) < 4.78 is 69.0. The van der Waals surface area contributed by atoms with Crippen molar-refractivity contribution in [3.05, 3.63) is 0 Å². The second-order valence-corrected chi connectivity index (χ2v) is 1.79. The number of carbonyl (C=O) groups is 1. The first-order valence-electron chi connectivity index (χ1n) is 2.39. The van der Waals surface area contributed by atoms with Crippen LogP contribution in [0.3, 0.4) is 0 Å². The quantitative estimate of drug-likeness (QED) is 0.393. The van der Waals surface area contributed by atoms with Crippen LogP contribution in [0.4, 0.5) is 26.3 Å². The van der Waals surface area contributed by atoms with E-state index in [9.17, 15) is 36.2 Å². The van der Waals surface area contributed by atoms with Crippen molar-refractivity contribution in [2.75, 3.05) is 0 Å². The van der Waals surface area contributed by atoms with Gasteiger partial charge in [0.15, 0.2) is 0 Å². The van der Waals surface area contributed by atoms with Gasteiger partial charge in [0.1, 0.15) is 5.97 Å². The van der Waals surface area contributed by atoms with Gasteiger partial charge in [0.2, 0.25) is 0 Å². The Morgan fingerprint density at radius 1 is 1.15 bits per heavy atom. The maximum atomic E-state index is 11.7. The third-order valence-corrected chi connectivity index (χ3v) is 0.949. The molecule has 0 fully saturated rings. The summed E-state index contributed by atoms with van der Waals surface area (Å²) in [6.45, 7) is 0. The van der Waals surface area contributed by atoms with E-state index in [0.717, 1.165) is 0 Å². The first-order valence-corrected chi connectivity index (χ1v) is 2.39. The van der Waals surface area contributed by atoms with E-state index in [0.29, 0.717) is 0 Å². The molecule has 72 valence electrons. The van der Waals surface area contributed by atoms with Gasteiger partial charge >= 0.3 is 69.7 Å². The van der Waals surface area contributed by atoms with E-state index in [-0.39, 0.29) is 51.4 Å². The second-order valence-electron chi connectivity index (χ2n) is 1.79. The molecule has 0 N–H and O–H groups in total. The van der Waals surface area contributed by atoms with E-state index >= 15 is 0 Å². The van der Waals surface area contributed by atoms with Crippen LogP contribution >= 0.6 is 0 Å². The van der Waals surface area contributed by atoms with Crippen molar-refractivity contribution >= 4 is 5.97 Å². The molecule has 0 rings (SSSR count). The third kappa shape index (κ3) is 3.08. The van der Waals surface area contributed by atoms with Crippen LogP contribution in [0.1, 0.15) is 0 Å². The Balaban J connectivity index is 0. The molecule has 0 saturated heterocycles. The van der Waals surface area contributed by atoms with E-state index in [4.69, 9.17) is 0 Å². The molecule has 0 saturated carbocycles. The summed E-state index contributed by atoms with van der Waals surface area (Å²) in [5, 5.41) is 9.30. The molecule has 0 aliphatic carbocycles. The van der Waals surface area contributed by atoms with Crippen LogP contribution < -0.4 is 56.5 Å². The fourth-order valence-electron chi connectivity index (χ4n) is 0.273. The standard InChI is InChI=1S/C4H2F6O2.K/c5-1(6)3(7,8)4(9,10)2(11)12;/h1H,(H,11,12);/q;+1/p-1. The number of carboxylic acids is 1. The Morgan fingerprint density at radius 3 is 1.54 bits per heavy atom. The van der Waals surface area contributed by atoms with Crippen molar-refractivity contribution in [3.63, 3.8) is 0 Å². The van der Waals surface area contributed by atoms with Crippen molar-refractivity contribution in [1.82, 2.24) is 0 Å². The van der Waals surface area contributed by atoms with Crippen LogP contribution in [0.15, 0.2) is 0 Å². The summed E-state index contributed by atoms with van der Waals surface area (Å²) in [4.78, 5) is 9.30. The van der Waals surface area contributed by atoms with Gasteiger partial charge < -0.3 is 9.90 Å². The SMILES string of the molecule is O=C([O-])C(F)(F)C(F)(F)C(F)F.[K+]. The minimum Gasteiger partial charge on any atom is -0.544 e. The molecule has 0 amide bonds. The minimum absolute atomic E-state index is 0. The second kappa shape index (κ2) is 4.96. The van der Waals surface area contributed by atoms with Crippen LogP contribution in [0, 0.1) is 0 Å². The van der Waals surface area contributed by atoms with Gasteiger partial charge in [-0.2, -0.15) is 17.6 Å². The molecule has 0 aliphatic heterocycles. The summed E-state index contributed by atoms with van der Waals surface area (Å²) >= 11 is 0. The largest absolute Gasteiger partial charge is 1.00 e. The molecule has 13 heavy (non-hydrogen) atoms. The van der Waals surface area contributed by atoms with Gasteiger partial charge in [-0.05, 0) is 0 Å². The molecule has 0 aromatic heterocycles. The number of aliphatic carboxylic acids is 1. The van der Waals surface area contributed by atoms with Gasteiger partial charge in [-0.15, -0.1) is 0 Å². The topological polar surface area (TPSA) is 40.1 Å². The van der Waals surface area contributed by atoms with Crippen LogP contribution in [-0.4, -0.2) is 24.2 Å². The maximum Gasteiger partial charge on any atom is 1.00 e. The molecule has 0 radical (unpaired) electrons. The van der Waals surface area contributed by atoms with Gasteiger partial charge in [0, 0.05) is 0 Å². The van der Waals surface area contributed by atoms with Crippen molar-refractivity contribution in [3.8, 4) is 0 Å². The Kier molecular flexibility index (Phi) is 6.16. The predicted octanol–water partition coefficient (Wildman–Crippen LogP) is -2.72. The molecule has 0 bridgehead atoms. The monoisotopic (exact) mass is 234 g/mol. The third-order valence-electron chi connectivity index (χ3n) is 0.949. The number of rotatable bonds is 3.